The SMILES string of the molecule is COc1cc(-c2cn[nH]c2)ccc1-n1cnn(Cc2ccccc2)c1=O. The highest BCUT2D eigenvalue weighted by Gasteiger charge is 2.13. The lowest BCUT2D eigenvalue weighted by Crippen LogP contribution is -2.24. The average molecular weight is 347 g/mol. The van der Waals surface area contributed by atoms with Gasteiger partial charge < -0.3 is 4.74 Å². The topological polar surface area (TPSA) is 77.7 Å². The minimum atomic E-state index is -0.219. The molecule has 7 heteroatoms. The lowest BCUT2D eigenvalue weighted by Gasteiger charge is -2.10. The number of ether oxygens (including phenoxy) is 1. The molecule has 0 unspecified atom stereocenters. The number of H-pyrrole nitrogens is 1. The number of benzene rings is 2. The molecule has 130 valence electrons. The smallest absolute Gasteiger partial charge is 0.350 e. The van der Waals surface area contributed by atoms with Crippen molar-refractivity contribution >= 4 is 0 Å². The normalized spacial score (nSPS) is 10.8. The lowest BCUT2D eigenvalue weighted by atomic mass is 10.1. The Balaban J connectivity index is 1.71. The van der Waals surface area contributed by atoms with Gasteiger partial charge in [-0.05, 0) is 23.3 Å². The van der Waals surface area contributed by atoms with E-state index in [1.807, 2.05) is 48.5 Å². The van der Waals surface area contributed by atoms with Crippen LogP contribution in [0.3, 0.4) is 0 Å². The van der Waals surface area contributed by atoms with Gasteiger partial charge in [0.15, 0.2) is 0 Å². The van der Waals surface area contributed by atoms with E-state index in [0.717, 1.165) is 16.7 Å². The molecular formula is C19H17N5O2. The van der Waals surface area contributed by atoms with Crippen LogP contribution in [0.15, 0.2) is 72.0 Å². The fourth-order valence-electron chi connectivity index (χ4n) is 2.83. The number of methoxy groups -OCH3 is 1. The molecule has 0 spiro atoms. The molecule has 0 radical (unpaired) electrons. The van der Waals surface area contributed by atoms with Gasteiger partial charge in [0.2, 0.25) is 0 Å². The molecule has 4 rings (SSSR count). The molecule has 0 aliphatic rings. The van der Waals surface area contributed by atoms with Crippen molar-refractivity contribution in [2.45, 2.75) is 6.54 Å². The van der Waals surface area contributed by atoms with Crippen molar-refractivity contribution in [1.29, 1.82) is 0 Å². The monoisotopic (exact) mass is 347 g/mol. The quantitative estimate of drug-likeness (QED) is 0.602. The zero-order chi connectivity index (χ0) is 17.9. The molecule has 26 heavy (non-hydrogen) atoms. The molecule has 0 saturated carbocycles. The summed E-state index contributed by atoms with van der Waals surface area (Å²) in [5, 5.41) is 11.0. The molecule has 0 aliphatic heterocycles. The maximum Gasteiger partial charge on any atom is 0.350 e. The zero-order valence-corrected chi connectivity index (χ0v) is 14.2. The molecule has 0 amide bonds. The van der Waals surface area contributed by atoms with Crippen LogP contribution in [-0.4, -0.2) is 31.7 Å². The van der Waals surface area contributed by atoms with Crippen LogP contribution < -0.4 is 10.4 Å². The van der Waals surface area contributed by atoms with Gasteiger partial charge in [-0.1, -0.05) is 36.4 Å². The molecule has 2 aromatic heterocycles. The molecule has 7 nitrogen and oxygen atoms in total. The Morgan fingerprint density at radius 1 is 1.12 bits per heavy atom. The number of hydrogen-bond donors (Lipinski definition) is 1. The summed E-state index contributed by atoms with van der Waals surface area (Å²) in [6.07, 6.45) is 5.05. The van der Waals surface area contributed by atoms with Crippen molar-refractivity contribution in [3.05, 3.63) is 83.3 Å². The van der Waals surface area contributed by atoms with Crippen LogP contribution in [0.2, 0.25) is 0 Å². The molecule has 0 saturated heterocycles. The lowest BCUT2D eigenvalue weighted by molar-refractivity contribution is 0.412. The van der Waals surface area contributed by atoms with E-state index in [1.54, 1.807) is 19.5 Å². The van der Waals surface area contributed by atoms with Gasteiger partial charge in [0.1, 0.15) is 12.1 Å². The first kappa shape index (κ1) is 15.9. The van der Waals surface area contributed by atoms with Crippen LogP contribution in [-0.2, 0) is 6.54 Å². The van der Waals surface area contributed by atoms with Crippen LogP contribution in [0, 0.1) is 0 Å². The molecule has 0 bridgehead atoms. The van der Waals surface area contributed by atoms with Gasteiger partial charge >= 0.3 is 5.69 Å². The summed E-state index contributed by atoms with van der Waals surface area (Å²) in [7, 11) is 1.58. The summed E-state index contributed by atoms with van der Waals surface area (Å²) in [6.45, 7) is 0.419. The maximum absolute atomic E-state index is 12.7. The highest BCUT2D eigenvalue weighted by molar-refractivity contribution is 5.67. The second kappa shape index (κ2) is 6.72. The van der Waals surface area contributed by atoms with Crippen molar-refractivity contribution in [3.63, 3.8) is 0 Å². The van der Waals surface area contributed by atoms with Crippen molar-refractivity contribution in [2.75, 3.05) is 7.11 Å². The van der Waals surface area contributed by atoms with Gasteiger partial charge in [0, 0.05) is 11.8 Å². The van der Waals surface area contributed by atoms with Gasteiger partial charge in [0.25, 0.3) is 0 Å². The summed E-state index contributed by atoms with van der Waals surface area (Å²) in [4.78, 5) is 12.7. The summed E-state index contributed by atoms with van der Waals surface area (Å²) >= 11 is 0. The molecular weight excluding hydrogens is 330 g/mol. The number of aromatic nitrogens is 5. The van der Waals surface area contributed by atoms with E-state index in [1.165, 1.54) is 15.6 Å². The van der Waals surface area contributed by atoms with Gasteiger partial charge in [0.05, 0.1) is 25.5 Å². The van der Waals surface area contributed by atoms with E-state index in [9.17, 15) is 4.79 Å². The second-order valence-electron chi connectivity index (χ2n) is 5.80. The third-order valence-corrected chi connectivity index (χ3v) is 4.18. The first-order chi connectivity index (χ1) is 12.8. The Morgan fingerprint density at radius 2 is 1.96 bits per heavy atom. The summed E-state index contributed by atoms with van der Waals surface area (Å²) < 4.78 is 8.41. The van der Waals surface area contributed by atoms with E-state index < -0.39 is 0 Å². The van der Waals surface area contributed by atoms with Crippen molar-refractivity contribution in [2.24, 2.45) is 0 Å². The second-order valence-corrected chi connectivity index (χ2v) is 5.80. The largest absolute Gasteiger partial charge is 0.495 e. The van der Waals surface area contributed by atoms with Gasteiger partial charge in [-0.3, -0.25) is 5.10 Å². The molecule has 0 fully saturated rings. The van der Waals surface area contributed by atoms with E-state index in [0.29, 0.717) is 18.0 Å². The maximum atomic E-state index is 12.7. The van der Waals surface area contributed by atoms with Crippen LogP contribution in [0.1, 0.15) is 5.56 Å². The fraction of sp³-hybridized carbons (Fsp3) is 0.105. The number of aromatic amines is 1. The Bertz CT molecular complexity index is 1070. The predicted molar refractivity (Wildman–Crippen MR) is 97.5 cm³/mol. The Morgan fingerprint density at radius 3 is 2.69 bits per heavy atom. The van der Waals surface area contributed by atoms with Crippen molar-refractivity contribution in [1.82, 2.24) is 24.5 Å². The van der Waals surface area contributed by atoms with Crippen molar-refractivity contribution in [3.8, 4) is 22.6 Å². The Kier molecular flexibility index (Phi) is 4.10. The number of hydrogen-bond acceptors (Lipinski definition) is 4. The minimum Gasteiger partial charge on any atom is -0.495 e. The Hall–Kier alpha value is -3.61. The molecule has 0 atom stereocenters. The molecule has 2 heterocycles. The fourth-order valence-corrected chi connectivity index (χ4v) is 2.83. The highest BCUT2D eigenvalue weighted by Crippen LogP contribution is 2.28. The Labute approximate surface area is 149 Å². The summed E-state index contributed by atoms with van der Waals surface area (Å²) in [6, 6.07) is 15.4. The van der Waals surface area contributed by atoms with Crippen LogP contribution in [0.25, 0.3) is 16.8 Å². The summed E-state index contributed by atoms with van der Waals surface area (Å²) in [5.41, 5.74) is 3.33. The van der Waals surface area contributed by atoms with Crippen LogP contribution in [0.5, 0.6) is 5.75 Å². The van der Waals surface area contributed by atoms with E-state index >= 15 is 0 Å². The zero-order valence-electron chi connectivity index (χ0n) is 14.2. The molecule has 4 aromatic rings. The molecule has 2 aromatic carbocycles. The van der Waals surface area contributed by atoms with Crippen LogP contribution in [0.4, 0.5) is 0 Å². The van der Waals surface area contributed by atoms with Gasteiger partial charge in [-0.2, -0.15) is 10.2 Å². The molecule has 0 aliphatic carbocycles. The number of rotatable bonds is 5. The number of nitrogens with one attached hydrogen (secondary N) is 1. The minimum absolute atomic E-state index is 0.219. The van der Waals surface area contributed by atoms with E-state index in [2.05, 4.69) is 15.3 Å². The van der Waals surface area contributed by atoms with Gasteiger partial charge in [-0.15, -0.1) is 0 Å². The van der Waals surface area contributed by atoms with E-state index in [-0.39, 0.29) is 5.69 Å². The standard InChI is InChI=1S/C19H17N5O2/c1-26-18-9-15(16-10-20-21-11-16)7-8-17(18)23-13-22-24(19(23)25)12-14-5-3-2-4-6-14/h2-11,13H,12H2,1H3,(H,20,21). The predicted octanol–water partition coefficient (Wildman–Crippen LogP) is 2.48. The highest BCUT2D eigenvalue weighted by atomic mass is 16.5. The van der Waals surface area contributed by atoms with E-state index in [4.69, 9.17) is 4.74 Å². The number of nitrogens with zero attached hydrogens (tertiary/aromatic N) is 4. The third-order valence-electron chi connectivity index (χ3n) is 4.18. The van der Waals surface area contributed by atoms with Crippen molar-refractivity contribution < 1.29 is 4.74 Å². The van der Waals surface area contributed by atoms with Crippen LogP contribution >= 0.6 is 0 Å². The first-order valence-corrected chi connectivity index (χ1v) is 8.12. The first-order valence-electron chi connectivity index (χ1n) is 8.12. The third kappa shape index (κ3) is 2.90. The van der Waals surface area contributed by atoms with Gasteiger partial charge in [-0.25, -0.2) is 14.0 Å². The summed E-state index contributed by atoms with van der Waals surface area (Å²) in [5.74, 6) is 0.588. The average Bonchev–Trinajstić information content (AvgIpc) is 3.33. The molecule has 1 N–H and O–H groups in total.